The van der Waals surface area contributed by atoms with Crippen LogP contribution in [0.3, 0.4) is 0 Å². The summed E-state index contributed by atoms with van der Waals surface area (Å²) in [7, 11) is -2.07. The van der Waals surface area contributed by atoms with Crippen LogP contribution in [0.25, 0.3) is 0 Å². The molecule has 1 aromatic carbocycles. The van der Waals surface area contributed by atoms with Gasteiger partial charge < -0.3 is 14.2 Å². The quantitative estimate of drug-likeness (QED) is 0.798. The fourth-order valence-electron chi connectivity index (χ4n) is 2.92. The number of carbonyl (C=O) groups is 1. The first kappa shape index (κ1) is 18.4. The molecule has 1 aliphatic heterocycles. The average Bonchev–Trinajstić information content (AvgIpc) is 3.07. The largest absolute Gasteiger partial charge is 0.496 e. The standard InChI is InChI=1S/C17H21N3O5S/c1-12-10-14(4-5-16(12)24-3)26(22,23)20-8-6-19(7-9-20)17(21)15-11-13(2)25-18-15/h4-5,10-11H,6-9H2,1-3H3. The molecule has 1 aromatic heterocycles. The smallest absolute Gasteiger partial charge is 0.276 e. The van der Waals surface area contributed by atoms with Crippen LogP contribution in [-0.2, 0) is 10.0 Å². The summed E-state index contributed by atoms with van der Waals surface area (Å²) in [5.41, 5.74) is 0.994. The SMILES string of the molecule is COc1ccc(S(=O)(=O)N2CCN(C(=O)c3cc(C)on3)CC2)cc1C. The van der Waals surface area contributed by atoms with E-state index in [4.69, 9.17) is 9.26 Å². The van der Waals surface area contributed by atoms with Crippen LogP contribution in [0.4, 0.5) is 0 Å². The number of ether oxygens (including phenoxy) is 1. The van der Waals surface area contributed by atoms with Crippen molar-refractivity contribution in [2.45, 2.75) is 18.7 Å². The molecule has 26 heavy (non-hydrogen) atoms. The molecule has 0 atom stereocenters. The number of sulfonamides is 1. The van der Waals surface area contributed by atoms with E-state index in [0.29, 0.717) is 24.6 Å². The van der Waals surface area contributed by atoms with Crippen molar-refractivity contribution in [2.75, 3.05) is 33.3 Å². The van der Waals surface area contributed by atoms with Gasteiger partial charge in [0.05, 0.1) is 12.0 Å². The summed E-state index contributed by atoms with van der Waals surface area (Å²) < 4.78 is 37.2. The lowest BCUT2D eigenvalue weighted by Gasteiger charge is -2.33. The van der Waals surface area contributed by atoms with Gasteiger partial charge >= 0.3 is 0 Å². The van der Waals surface area contributed by atoms with E-state index in [1.165, 1.54) is 10.4 Å². The Hall–Kier alpha value is -2.39. The predicted octanol–water partition coefficient (Wildman–Crippen LogP) is 1.45. The highest BCUT2D eigenvalue weighted by molar-refractivity contribution is 7.89. The van der Waals surface area contributed by atoms with Gasteiger partial charge in [-0.1, -0.05) is 5.16 Å². The third kappa shape index (κ3) is 3.45. The summed E-state index contributed by atoms with van der Waals surface area (Å²) in [6.45, 7) is 4.59. The second-order valence-corrected chi connectivity index (χ2v) is 8.09. The molecule has 2 aromatic rings. The molecular weight excluding hydrogens is 358 g/mol. The zero-order chi connectivity index (χ0) is 18.9. The van der Waals surface area contributed by atoms with E-state index in [1.54, 1.807) is 44.1 Å². The van der Waals surface area contributed by atoms with Gasteiger partial charge in [-0.2, -0.15) is 4.31 Å². The fraction of sp³-hybridized carbons (Fsp3) is 0.412. The average molecular weight is 379 g/mol. The highest BCUT2D eigenvalue weighted by Crippen LogP contribution is 2.24. The van der Waals surface area contributed by atoms with Crippen LogP contribution < -0.4 is 4.74 Å². The van der Waals surface area contributed by atoms with E-state index < -0.39 is 10.0 Å². The van der Waals surface area contributed by atoms with E-state index >= 15 is 0 Å². The number of aromatic nitrogens is 1. The number of benzene rings is 1. The van der Waals surface area contributed by atoms with Crippen molar-refractivity contribution in [3.05, 3.63) is 41.3 Å². The molecule has 1 saturated heterocycles. The molecule has 0 aliphatic carbocycles. The Balaban J connectivity index is 1.70. The molecule has 140 valence electrons. The van der Waals surface area contributed by atoms with Gasteiger partial charge in [-0.15, -0.1) is 0 Å². The fourth-order valence-corrected chi connectivity index (χ4v) is 4.43. The van der Waals surface area contributed by atoms with Crippen molar-refractivity contribution in [1.82, 2.24) is 14.4 Å². The van der Waals surface area contributed by atoms with Gasteiger partial charge in [0.1, 0.15) is 11.5 Å². The number of amides is 1. The van der Waals surface area contributed by atoms with Gasteiger partial charge in [0, 0.05) is 32.2 Å². The summed E-state index contributed by atoms with van der Waals surface area (Å²) >= 11 is 0. The molecule has 0 N–H and O–H groups in total. The van der Waals surface area contributed by atoms with Crippen LogP contribution in [0.15, 0.2) is 33.7 Å². The molecule has 0 unspecified atom stereocenters. The molecular formula is C17H21N3O5S. The summed E-state index contributed by atoms with van der Waals surface area (Å²) in [6, 6.07) is 6.36. The van der Waals surface area contributed by atoms with Crippen molar-refractivity contribution in [3.63, 3.8) is 0 Å². The minimum Gasteiger partial charge on any atom is -0.496 e. The van der Waals surface area contributed by atoms with E-state index in [-0.39, 0.29) is 29.6 Å². The van der Waals surface area contributed by atoms with Gasteiger partial charge in [0.15, 0.2) is 5.69 Å². The van der Waals surface area contributed by atoms with Crippen LogP contribution in [0.5, 0.6) is 5.75 Å². The lowest BCUT2D eigenvalue weighted by atomic mass is 10.2. The van der Waals surface area contributed by atoms with Gasteiger partial charge in [0.2, 0.25) is 10.0 Å². The molecule has 0 spiro atoms. The Morgan fingerprint density at radius 1 is 1.15 bits per heavy atom. The first-order valence-electron chi connectivity index (χ1n) is 8.20. The molecule has 8 nitrogen and oxygen atoms in total. The Morgan fingerprint density at radius 3 is 2.38 bits per heavy atom. The number of methoxy groups -OCH3 is 1. The maximum Gasteiger partial charge on any atom is 0.276 e. The molecule has 9 heteroatoms. The first-order chi connectivity index (χ1) is 12.3. The van der Waals surface area contributed by atoms with Gasteiger partial charge in [-0.25, -0.2) is 8.42 Å². The Labute approximate surface area is 152 Å². The molecule has 0 radical (unpaired) electrons. The second kappa shape index (κ2) is 7.08. The van der Waals surface area contributed by atoms with Crippen molar-refractivity contribution < 1.29 is 22.5 Å². The number of aryl methyl sites for hydroxylation is 2. The number of hydrogen-bond donors (Lipinski definition) is 0. The number of nitrogens with zero attached hydrogens (tertiary/aromatic N) is 3. The minimum absolute atomic E-state index is 0.225. The van der Waals surface area contributed by atoms with Gasteiger partial charge in [0.25, 0.3) is 5.91 Å². The number of piperazine rings is 1. The van der Waals surface area contributed by atoms with Gasteiger partial charge in [-0.05, 0) is 37.6 Å². The summed E-state index contributed by atoms with van der Waals surface area (Å²) in [6.07, 6.45) is 0. The lowest BCUT2D eigenvalue weighted by molar-refractivity contribution is 0.0687. The summed E-state index contributed by atoms with van der Waals surface area (Å²) in [5, 5.41) is 3.72. The van der Waals surface area contributed by atoms with E-state index in [0.717, 1.165) is 5.56 Å². The van der Waals surface area contributed by atoms with Crippen molar-refractivity contribution in [3.8, 4) is 5.75 Å². The van der Waals surface area contributed by atoms with Crippen LogP contribution >= 0.6 is 0 Å². The Bertz CT molecular complexity index is 914. The third-order valence-electron chi connectivity index (χ3n) is 4.38. The maximum absolute atomic E-state index is 12.8. The monoisotopic (exact) mass is 379 g/mol. The van der Waals surface area contributed by atoms with Crippen LogP contribution in [0.1, 0.15) is 21.8 Å². The summed E-state index contributed by atoms with van der Waals surface area (Å²) in [4.78, 5) is 14.2. The second-order valence-electron chi connectivity index (χ2n) is 6.15. The number of hydrogen-bond acceptors (Lipinski definition) is 6. The van der Waals surface area contributed by atoms with Crippen LogP contribution in [-0.4, -0.2) is 62.0 Å². The highest BCUT2D eigenvalue weighted by atomic mass is 32.2. The molecule has 2 heterocycles. The normalized spacial score (nSPS) is 15.9. The van der Waals surface area contributed by atoms with E-state index in [9.17, 15) is 13.2 Å². The van der Waals surface area contributed by atoms with Gasteiger partial charge in [-0.3, -0.25) is 4.79 Å². The van der Waals surface area contributed by atoms with E-state index in [2.05, 4.69) is 5.16 Å². The highest BCUT2D eigenvalue weighted by Gasteiger charge is 2.31. The molecule has 1 fully saturated rings. The molecule has 1 aliphatic rings. The zero-order valence-electron chi connectivity index (χ0n) is 14.9. The van der Waals surface area contributed by atoms with Crippen molar-refractivity contribution in [1.29, 1.82) is 0 Å². The predicted molar refractivity (Wildman–Crippen MR) is 93.6 cm³/mol. The van der Waals surface area contributed by atoms with Crippen LogP contribution in [0.2, 0.25) is 0 Å². The summed E-state index contributed by atoms with van der Waals surface area (Å²) in [5.74, 6) is 0.950. The van der Waals surface area contributed by atoms with E-state index in [1.807, 2.05) is 0 Å². The minimum atomic E-state index is -3.61. The third-order valence-corrected chi connectivity index (χ3v) is 6.27. The lowest BCUT2D eigenvalue weighted by Crippen LogP contribution is -2.50. The Kier molecular flexibility index (Phi) is 5.01. The number of rotatable bonds is 4. The van der Waals surface area contributed by atoms with Crippen molar-refractivity contribution >= 4 is 15.9 Å². The molecule has 0 bridgehead atoms. The maximum atomic E-state index is 12.8. The Morgan fingerprint density at radius 2 is 1.85 bits per heavy atom. The number of carbonyl (C=O) groups excluding carboxylic acids is 1. The van der Waals surface area contributed by atoms with Crippen LogP contribution in [0, 0.1) is 13.8 Å². The van der Waals surface area contributed by atoms with Crippen molar-refractivity contribution in [2.24, 2.45) is 0 Å². The topological polar surface area (TPSA) is 93.0 Å². The molecule has 3 rings (SSSR count). The molecule has 0 saturated carbocycles. The zero-order valence-corrected chi connectivity index (χ0v) is 15.7. The first-order valence-corrected chi connectivity index (χ1v) is 9.64. The molecule has 1 amide bonds.